The standard InChI is InChI=1S/C48H49N/c1-46(2)23-24-47(3,4)45-41(46)19-12-20-43(45)49(36-15-9-6-10-16-36)37-21-22-39-42(30-37)48(34-26-31-25-32(28-34)29-35(48)27-31)40-18-11-17-38(44(39)40)33-13-7-5-8-14-33/h5-22,30-32,34-35H,23-29H2,1-4H3. The van der Waals surface area contributed by atoms with Gasteiger partial charge in [-0.2, -0.15) is 0 Å². The molecule has 1 nitrogen and oxygen atoms in total. The minimum Gasteiger partial charge on any atom is -0.310 e. The van der Waals surface area contributed by atoms with Crippen LogP contribution in [0, 0.1) is 23.7 Å². The van der Waals surface area contributed by atoms with E-state index in [0.717, 1.165) is 23.7 Å². The highest BCUT2D eigenvalue weighted by Crippen LogP contribution is 2.70. The van der Waals surface area contributed by atoms with Crippen molar-refractivity contribution in [3.63, 3.8) is 0 Å². The molecule has 0 atom stereocenters. The molecule has 1 spiro atoms. The van der Waals surface area contributed by atoms with Crippen molar-refractivity contribution in [2.45, 2.75) is 88.9 Å². The van der Waals surface area contributed by atoms with E-state index < -0.39 is 0 Å². The molecule has 6 aliphatic rings. The molecule has 0 unspecified atom stereocenters. The molecule has 4 bridgehead atoms. The lowest BCUT2D eigenvalue weighted by atomic mass is 9.43. The van der Waals surface area contributed by atoms with Gasteiger partial charge in [0.1, 0.15) is 0 Å². The van der Waals surface area contributed by atoms with Crippen LogP contribution in [0.25, 0.3) is 22.3 Å². The van der Waals surface area contributed by atoms with E-state index in [1.165, 1.54) is 95.4 Å². The summed E-state index contributed by atoms with van der Waals surface area (Å²) in [6.45, 7) is 9.85. The molecule has 5 aromatic carbocycles. The lowest BCUT2D eigenvalue weighted by Gasteiger charge is -2.61. The van der Waals surface area contributed by atoms with Gasteiger partial charge in [0.15, 0.2) is 0 Å². The number of para-hydroxylation sites is 1. The molecule has 0 N–H and O–H groups in total. The second-order valence-corrected chi connectivity index (χ2v) is 17.6. The summed E-state index contributed by atoms with van der Waals surface area (Å²) < 4.78 is 0. The van der Waals surface area contributed by atoms with E-state index in [-0.39, 0.29) is 16.2 Å². The van der Waals surface area contributed by atoms with Crippen molar-refractivity contribution < 1.29 is 0 Å². The van der Waals surface area contributed by atoms with Crippen LogP contribution in [0.15, 0.2) is 115 Å². The van der Waals surface area contributed by atoms with Crippen molar-refractivity contribution in [1.29, 1.82) is 0 Å². The number of rotatable bonds is 4. The van der Waals surface area contributed by atoms with Crippen LogP contribution in [0.4, 0.5) is 17.1 Å². The van der Waals surface area contributed by atoms with Crippen molar-refractivity contribution in [2.24, 2.45) is 23.7 Å². The van der Waals surface area contributed by atoms with Gasteiger partial charge in [0.25, 0.3) is 0 Å². The van der Waals surface area contributed by atoms with E-state index in [1.807, 2.05) is 0 Å². The second kappa shape index (κ2) is 10.5. The van der Waals surface area contributed by atoms with Gasteiger partial charge in [-0.25, -0.2) is 0 Å². The summed E-state index contributed by atoms with van der Waals surface area (Å²) in [7, 11) is 0. The van der Waals surface area contributed by atoms with Gasteiger partial charge in [0.2, 0.25) is 0 Å². The Balaban J connectivity index is 1.24. The zero-order chi connectivity index (χ0) is 33.1. The first-order chi connectivity index (χ1) is 23.8. The molecule has 0 aliphatic heterocycles. The van der Waals surface area contributed by atoms with Crippen LogP contribution < -0.4 is 4.90 Å². The third-order valence-electron chi connectivity index (χ3n) is 14.1. The largest absolute Gasteiger partial charge is 0.310 e. The number of anilines is 3. The van der Waals surface area contributed by atoms with Gasteiger partial charge in [0.05, 0.1) is 5.69 Å². The van der Waals surface area contributed by atoms with Crippen molar-refractivity contribution in [1.82, 2.24) is 0 Å². The van der Waals surface area contributed by atoms with Crippen LogP contribution in [0.5, 0.6) is 0 Å². The van der Waals surface area contributed by atoms with Gasteiger partial charge < -0.3 is 4.90 Å². The van der Waals surface area contributed by atoms with Crippen LogP contribution in [0.2, 0.25) is 0 Å². The molecule has 0 aromatic heterocycles. The van der Waals surface area contributed by atoms with E-state index in [9.17, 15) is 0 Å². The molecule has 0 amide bonds. The number of nitrogens with zero attached hydrogens (tertiary/aromatic N) is 1. The lowest BCUT2D eigenvalue weighted by Crippen LogP contribution is -2.55. The van der Waals surface area contributed by atoms with Gasteiger partial charge in [-0.1, -0.05) is 113 Å². The zero-order valence-corrected chi connectivity index (χ0v) is 29.7. The lowest BCUT2D eigenvalue weighted by molar-refractivity contribution is -0.0399. The van der Waals surface area contributed by atoms with Crippen molar-refractivity contribution >= 4 is 17.1 Å². The van der Waals surface area contributed by atoms with Crippen molar-refractivity contribution in [3.8, 4) is 22.3 Å². The highest BCUT2D eigenvalue weighted by molar-refractivity contribution is 5.95. The molecule has 0 radical (unpaired) electrons. The summed E-state index contributed by atoms with van der Waals surface area (Å²) in [5.41, 5.74) is 16.2. The Kier molecular flexibility index (Phi) is 6.36. The van der Waals surface area contributed by atoms with Crippen LogP contribution in [0.1, 0.15) is 94.9 Å². The summed E-state index contributed by atoms with van der Waals surface area (Å²) in [4.78, 5) is 2.62. The quantitative estimate of drug-likeness (QED) is 0.189. The topological polar surface area (TPSA) is 3.24 Å². The SMILES string of the molecule is CC1(C)CCC(C)(C)c2c(N(c3ccccc3)c3ccc4c(c3)C3(c5cccc(-c6ccccc6)c5-4)C4CC5CC(C4)CC3C5)cccc21. The molecule has 11 rings (SSSR count). The molecule has 246 valence electrons. The summed E-state index contributed by atoms with van der Waals surface area (Å²) in [5.74, 6) is 3.28. The number of hydrogen-bond acceptors (Lipinski definition) is 1. The first kappa shape index (κ1) is 29.8. The third-order valence-corrected chi connectivity index (χ3v) is 14.1. The van der Waals surface area contributed by atoms with Crippen molar-refractivity contribution in [3.05, 3.63) is 138 Å². The van der Waals surface area contributed by atoms with Gasteiger partial charge >= 0.3 is 0 Å². The minimum absolute atomic E-state index is 0.0919. The van der Waals surface area contributed by atoms with Crippen LogP contribution >= 0.6 is 0 Å². The molecular formula is C48H49N. The Morgan fingerprint density at radius 1 is 0.510 bits per heavy atom. The fraction of sp³-hybridized carbons (Fsp3) is 0.375. The first-order valence-electron chi connectivity index (χ1n) is 19.1. The normalized spacial score (nSPS) is 27.8. The zero-order valence-electron chi connectivity index (χ0n) is 29.7. The molecule has 6 aliphatic carbocycles. The average molecular weight is 640 g/mol. The maximum Gasteiger partial charge on any atom is 0.0502 e. The van der Waals surface area contributed by atoms with Gasteiger partial charge in [-0.05, 0) is 154 Å². The molecule has 5 aromatic rings. The van der Waals surface area contributed by atoms with Crippen LogP contribution in [-0.4, -0.2) is 0 Å². The monoisotopic (exact) mass is 639 g/mol. The summed E-state index contributed by atoms with van der Waals surface area (Å²) in [6, 6.07) is 44.5. The fourth-order valence-electron chi connectivity index (χ4n) is 12.1. The Hall–Kier alpha value is -4.10. The Bertz CT molecular complexity index is 2060. The predicted molar refractivity (Wildman–Crippen MR) is 205 cm³/mol. The minimum atomic E-state index is 0.0919. The highest BCUT2D eigenvalue weighted by Gasteiger charge is 2.62. The van der Waals surface area contributed by atoms with Gasteiger partial charge in [-0.3, -0.25) is 0 Å². The summed E-state index contributed by atoms with van der Waals surface area (Å²) >= 11 is 0. The van der Waals surface area contributed by atoms with Crippen LogP contribution in [0.3, 0.4) is 0 Å². The molecule has 0 saturated heterocycles. The molecule has 1 heteroatoms. The van der Waals surface area contributed by atoms with E-state index in [2.05, 4.69) is 148 Å². The van der Waals surface area contributed by atoms with E-state index in [4.69, 9.17) is 0 Å². The predicted octanol–water partition coefficient (Wildman–Crippen LogP) is 12.9. The van der Waals surface area contributed by atoms with Crippen molar-refractivity contribution in [2.75, 3.05) is 4.90 Å². The smallest absolute Gasteiger partial charge is 0.0502 e. The summed E-state index contributed by atoms with van der Waals surface area (Å²) in [6.07, 6.45) is 9.46. The Labute approximate surface area is 293 Å². The molecular weight excluding hydrogens is 591 g/mol. The van der Waals surface area contributed by atoms with Gasteiger partial charge in [-0.15, -0.1) is 0 Å². The maximum absolute atomic E-state index is 2.68. The molecule has 0 heterocycles. The second-order valence-electron chi connectivity index (χ2n) is 17.6. The van der Waals surface area contributed by atoms with Gasteiger partial charge in [0, 0.05) is 16.8 Å². The molecule has 4 fully saturated rings. The van der Waals surface area contributed by atoms with E-state index in [1.54, 1.807) is 11.1 Å². The highest BCUT2D eigenvalue weighted by atomic mass is 15.1. The van der Waals surface area contributed by atoms with E-state index >= 15 is 0 Å². The van der Waals surface area contributed by atoms with Crippen LogP contribution in [-0.2, 0) is 16.2 Å². The molecule has 49 heavy (non-hydrogen) atoms. The summed E-state index contributed by atoms with van der Waals surface area (Å²) in [5, 5.41) is 0. The fourth-order valence-corrected chi connectivity index (χ4v) is 12.1. The number of benzene rings is 5. The third kappa shape index (κ3) is 4.17. The van der Waals surface area contributed by atoms with E-state index in [0.29, 0.717) is 0 Å². The average Bonchev–Trinajstić information content (AvgIpc) is 3.40. The molecule has 4 saturated carbocycles. The Morgan fingerprint density at radius 2 is 1.14 bits per heavy atom. The number of hydrogen-bond donors (Lipinski definition) is 0. The number of fused-ring (bicyclic) bond motifs is 4. The maximum atomic E-state index is 2.68. The first-order valence-corrected chi connectivity index (χ1v) is 19.1. The Morgan fingerprint density at radius 3 is 1.86 bits per heavy atom.